The Morgan fingerprint density at radius 2 is 2.20 bits per heavy atom. The molecule has 0 radical (unpaired) electrons. The number of rotatable bonds is 4. The first-order valence-corrected chi connectivity index (χ1v) is 6.23. The van der Waals surface area contributed by atoms with Crippen molar-refractivity contribution in [2.45, 2.75) is 25.4 Å². The molecule has 0 saturated heterocycles. The third-order valence-electron chi connectivity index (χ3n) is 3.25. The van der Waals surface area contributed by atoms with Crippen molar-refractivity contribution in [1.82, 2.24) is 0 Å². The number of phenols is 1. The second-order valence-corrected chi connectivity index (χ2v) is 4.50. The molecule has 0 fully saturated rings. The molecule has 20 heavy (non-hydrogen) atoms. The van der Waals surface area contributed by atoms with Crippen LogP contribution < -0.4 is 4.74 Å². The minimum absolute atomic E-state index is 0.101. The Morgan fingerprint density at radius 3 is 2.85 bits per heavy atom. The van der Waals surface area contributed by atoms with Crippen LogP contribution in [0.3, 0.4) is 0 Å². The smallest absolute Gasteiger partial charge is 0.342 e. The van der Waals surface area contributed by atoms with Gasteiger partial charge in [-0.1, -0.05) is 6.07 Å². The third-order valence-corrected chi connectivity index (χ3v) is 3.25. The average Bonchev–Trinajstić information content (AvgIpc) is 2.45. The fraction of sp³-hybridized carbons (Fsp3) is 0.429. The van der Waals surface area contributed by atoms with Crippen LogP contribution in [0.15, 0.2) is 12.1 Å². The van der Waals surface area contributed by atoms with Gasteiger partial charge in [-0.15, -0.1) is 0 Å². The van der Waals surface area contributed by atoms with Gasteiger partial charge in [-0.3, -0.25) is 4.79 Å². The lowest BCUT2D eigenvalue weighted by atomic mass is 9.95. The van der Waals surface area contributed by atoms with Gasteiger partial charge in [0, 0.05) is 12.8 Å². The number of benzene rings is 1. The molecule has 0 bridgehead atoms. The molecule has 1 aromatic carbocycles. The quantitative estimate of drug-likeness (QED) is 0.840. The molecular formula is C14H16O6. The monoisotopic (exact) mass is 280 g/mol. The third kappa shape index (κ3) is 2.68. The lowest BCUT2D eigenvalue weighted by molar-refractivity contribution is -0.141. The molecule has 108 valence electrons. The average molecular weight is 280 g/mol. The number of cyclic esters (lactones) is 1. The van der Waals surface area contributed by atoms with Crippen LogP contribution >= 0.6 is 0 Å². The van der Waals surface area contributed by atoms with Crippen LogP contribution in [0.4, 0.5) is 0 Å². The standard InChI is InChI=1S/C14H16O6/c1-18-11(16)6-4-9-7-8-3-5-10(15)13(19-2)12(8)14(17)20-9/h3,5,9,15H,4,6-7H2,1-2H3. The van der Waals surface area contributed by atoms with Crippen LogP contribution in [-0.2, 0) is 20.7 Å². The molecule has 1 N–H and O–H groups in total. The van der Waals surface area contributed by atoms with Crippen LogP contribution in [0.25, 0.3) is 0 Å². The Kier molecular flexibility index (Phi) is 4.12. The Labute approximate surface area is 116 Å². The molecule has 1 aromatic rings. The number of carbonyl (C=O) groups excluding carboxylic acids is 2. The molecule has 6 nitrogen and oxygen atoms in total. The van der Waals surface area contributed by atoms with Crippen molar-refractivity contribution in [1.29, 1.82) is 0 Å². The summed E-state index contributed by atoms with van der Waals surface area (Å²) in [5.74, 6) is -0.862. The zero-order chi connectivity index (χ0) is 14.7. The second-order valence-electron chi connectivity index (χ2n) is 4.50. The van der Waals surface area contributed by atoms with Crippen LogP contribution in [0.2, 0.25) is 0 Å². The number of hydrogen-bond acceptors (Lipinski definition) is 6. The zero-order valence-electron chi connectivity index (χ0n) is 11.3. The van der Waals surface area contributed by atoms with Crippen molar-refractivity contribution in [3.8, 4) is 11.5 Å². The van der Waals surface area contributed by atoms with Gasteiger partial charge in [-0.2, -0.15) is 0 Å². The van der Waals surface area contributed by atoms with Gasteiger partial charge in [0.05, 0.1) is 14.2 Å². The van der Waals surface area contributed by atoms with Crippen molar-refractivity contribution in [3.05, 3.63) is 23.3 Å². The van der Waals surface area contributed by atoms with E-state index in [0.29, 0.717) is 12.8 Å². The lowest BCUT2D eigenvalue weighted by Crippen LogP contribution is -2.28. The first-order valence-electron chi connectivity index (χ1n) is 6.23. The molecule has 0 aliphatic carbocycles. The Balaban J connectivity index is 2.18. The van der Waals surface area contributed by atoms with E-state index in [-0.39, 0.29) is 35.6 Å². The molecule has 1 unspecified atom stereocenters. The summed E-state index contributed by atoms with van der Waals surface area (Å²) >= 11 is 0. The summed E-state index contributed by atoms with van der Waals surface area (Å²) in [5.41, 5.74) is 0.993. The van der Waals surface area contributed by atoms with E-state index in [1.807, 2.05) is 0 Å². The fourth-order valence-electron chi connectivity index (χ4n) is 2.25. The van der Waals surface area contributed by atoms with E-state index in [0.717, 1.165) is 5.56 Å². The summed E-state index contributed by atoms with van der Waals surface area (Å²) in [6, 6.07) is 3.15. The maximum Gasteiger partial charge on any atom is 0.342 e. The van der Waals surface area contributed by atoms with Gasteiger partial charge >= 0.3 is 11.9 Å². The van der Waals surface area contributed by atoms with Crippen molar-refractivity contribution >= 4 is 11.9 Å². The highest BCUT2D eigenvalue weighted by atomic mass is 16.5. The van der Waals surface area contributed by atoms with Crippen molar-refractivity contribution < 1.29 is 28.9 Å². The summed E-state index contributed by atoms with van der Waals surface area (Å²) in [4.78, 5) is 23.1. The second kappa shape index (κ2) is 5.81. The van der Waals surface area contributed by atoms with Crippen LogP contribution in [-0.4, -0.2) is 37.4 Å². The van der Waals surface area contributed by atoms with Crippen molar-refractivity contribution in [2.75, 3.05) is 14.2 Å². The summed E-state index contributed by atoms with van der Waals surface area (Å²) in [6.07, 6.45) is 0.706. The van der Waals surface area contributed by atoms with Crippen LogP contribution in [0.1, 0.15) is 28.8 Å². The van der Waals surface area contributed by atoms with Crippen molar-refractivity contribution in [3.63, 3.8) is 0 Å². The predicted octanol–water partition coefficient (Wildman–Crippen LogP) is 1.44. The molecule has 1 aliphatic heterocycles. The topological polar surface area (TPSA) is 82.1 Å². The molecule has 1 aliphatic rings. The number of methoxy groups -OCH3 is 2. The Morgan fingerprint density at radius 1 is 1.45 bits per heavy atom. The molecule has 1 atom stereocenters. The number of esters is 2. The minimum atomic E-state index is -0.547. The number of fused-ring (bicyclic) bond motifs is 1. The van der Waals surface area contributed by atoms with Gasteiger partial charge in [-0.05, 0) is 18.1 Å². The van der Waals surface area contributed by atoms with E-state index in [1.165, 1.54) is 20.3 Å². The number of hydrogen-bond donors (Lipinski definition) is 1. The highest BCUT2D eigenvalue weighted by molar-refractivity contribution is 5.96. The van der Waals surface area contributed by atoms with Crippen LogP contribution in [0, 0.1) is 0 Å². The maximum atomic E-state index is 12.0. The van der Waals surface area contributed by atoms with Crippen molar-refractivity contribution in [2.24, 2.45) is 0 Å². The fourth-order valence-corrected chi connectivity index (χ4v) is 2.25. The molecule has 0 spiro atoms. The molecule has 0 amide bonds. The number of aromatic hydroxyl groups is 1. The number of ether oxygens (including phenoxy) is 3. The van der Waals surface area contributed by atoms with Gasteiger partial charge in [0.1, 0.15) is 11.7 Å². The predicted molar refractivity (Wildman–Crippen MR) is 68.8 cm³/mol. The summed E-state index contributed by atoms with van der Waals surface area (Å²) in [6.45, 7) is 0. The van der Waals surface area contributed by atoms with Gasteiger partial charge < -0.3 is 19.3 Å². The Bertz CT molecular complexity index is 537. The molecule has 0 aromatic heterocycles. The van der Waals surface area contributed by atoms with Gasteiger partial charge in [0.15, 0.2) is 11.5 Å². The summed E-state index contributed by atoms with van der Waals surface area (Å²) in [5, 5.41) is 9.66. The lowest BCUT2D eigenvalue weighted by Gasteiger charge is -2.25. The van der Waals surface area contributed by atoms with Crippen LogP contribution in [0.5, 0.6) is 11.5 Å². The first kappa shape index (κ1) is 14.2. The van der Waals surface area contributed by atoms with Gasteiger partial charge in [0.25, 0.3) is 0 Å². The normalized spacial score (nSPS) is 17.1. The van der Waals surface area contributed by atoms with E-state index < -0.39 is 5.97 Å². The minimum Gasteiger partial charge on any atom is -0.504 e. The molecule has 2 rings (SSSR count). The van der Waals surface area contributed by atoms with E-state index in [1.54, 1.807) is 6.07 Å². The summed E-state index contributed by atoms with van der Waals surface area (Å²) in [7, 11) is 2.70. The van der Waals surface area contributed by atoms with E-state index in [4.69, 9.17) is 9.47 Å². The SMILES string of the molecule is COC(=O)CCC1Cc2ccc(O)c(OC)c2C(=O)O1. The Hall–Kier alpha value is -2.24. The molecule has 1 heterocycles. The molecule has 6 heteroatoms. The summed E-state index contributed by atoms with van der Waals surface area (Å²) < 4.78 is 14.9. The highest BCUT2D eigenvalue weighted by Crippen LogP contribution is 2.36. The zero-order valence-corrected chi connectivity index (χ0v) is 11.3. The molecular weight excluding hydrogens is 264 g/mol. The highest BCUT2D eigenvalue weighted by Gasteiger charge is 2.31. The number of carbonyl (C=O) groups is 2. The van der Waals surface area contributed by atoms with E-state index in [2.05, 4.69) is 4.74 Å². The number of phenolic OH excluding ortho intramolecular Hbond substituents is 1. The van der Waals surface area contributed by atoms with E-state index in [9.17, 15) is 14.7 Å². The largest absolute Gasteiger partial charge is 0.504 e. The molecule has 0 saturated carbocycles. The van der Waals surface area contributed by atoms with Gasteiger partial charge in [-0.25, -0.2) is 4.79 Å². The first-order chi connectivity index (χ1) is 9.56. The van der Waals surface area contributed by atoms with E-state index >= 15 is 0 Å². The maximum absolute atomic E-state index is 12.0. The van der Waals surface area contributed by atoms with Gasteiger partial charge in [0.2, 0.25) is 0 Å².